The molecule has 1 heterocycles. The van der Waals surface area contributed by atoms with Gasteiger partial charge in [0.1, 0.15) is 23.2 Å². The molecule has 0 fully saturated rings. The molecule has 0 unspecified atom stereocenters. The number of benzene rings is 1. The van der Waals surface area contributed by atoms with Crippen molar-refractivity contribution in [3.63, 3.8) is 0 Å². The van der Waals surface area contributed by atoms with Gasteiger partial charge in [-0.25, -0.2) is 4.79 Å². The Morgan fingerprint density at radius 3 is 2.31 bits per heavy atom. The number of phenols is 2. The van der Waals surface area contributed by atoms with E-state index in [-0.39, 0.29) is 52.2 Å². The minimum absolute atomic E-state index is 0.0132. The van der Waals surface area contributed by atoms with Gasteiger partial charge in [-0.1, -0.05) is 44.1 Å². The van der Waals surface area contributed by atoms with Crippen LogP contribution in [0.15, 0.2) is 38.6 Å². The standard InChI is InChI=1S/C29H38O7/c1-8-23(35-19(7)30)21-15-24(32)36-29-25(21)27(33)20(13-12-18(6)11-9-10-16(2)3)28(34)26(29)22(31)14-17(4)5/h10,12,15,17,23,33-34H,8-9,11,13-14H2,1-7H3/b18-12+/t23-/m0/s1. The van der Waals surface area contributed by atoms with E-state index >= 15 is 0 Å². The van der Waals surface area contributed by atoms with E-state index in [1.165, 1.54) is 12.5 Å². The molecule has 196 valence electrons. The lowest BCUT2D eigenvalue weighted by molar-refractivity contribution is -0.146. The number of carbonyl (C=O) groups is 2. The van der Waals surface area contributed by atoms with Crippen LogP contribution in [0.1, 0.15) is 102 Å². The summed E-state index contributed by atoms with van der Waals surface area (Å²) in [6, 6.07) is 1.16. The number of rotatable bonds is 11. The Kier molecular flexibility index (Phi) is 10.1. The van der Waals surface area contributed by atoms with Gasteiger partial charge in [0, 0.05) is 30.5 Å². The van der Waals surface area contributed by atoms with Gasteiger partial charge < -0.3 is 19.4 Å². The average Bonchev–Trinajstić information content (AvgIpc) is 2.75. The molecule has 0 aliphatic rings. The van der Waals surface area contributed by atoms with Crippen molar-refractivity contribution < 1.29 is 29.0 Å². The van der Waals surface area contributed by atoms with Crippen LogP contribution in [-0.4, -0.2) is 22.0 Å². The van der Waals surface area contributed by atoms with Gasteiger partial charge >= 0.3 is 11.6 Å². The molecule has 0 amide bonds. The fourth-order valence-corrected chi connectivity index (χ4v) is 4.17. The Bertz CT molecular complexity index is 1240. The van der Waals surface area contributed by atoms with Crippen LogP contribution in [-0.2, 0) is 16.0 Å². The number of carbonyl (C=O) groups excluding carboxylic acids is 2. The Hall–Kier alpha value is -3.35. The molecule has 0 radical (unpaired) electrons. The van der Waals surface area contributed by atoms with Crippen molar-refractivity contribution in [1.29, 1.82) is 0 Å². The van der Waals surface area contributed by atoms with E-state index in [1.807, 2.05) is 40.7 Å². The van der Waals surface area contributed by atoms with E-state index in [0.717, 1.165) is 24.5 Å². The number of ether oxygens (including phenoxy) is 1. The minimum Gasteiger partial charge on any atom is -0.507 e. The maximum absolute atomic E-state index is 13.2. The van der Waals surface area contributed by atoms with Crippen LogP contribution < -0.4 is 5.63 Å². The Labute approximate surface area is 212 Å². The Morgan fingerprint density at radius 2 is 1.75 bits per heavy atom. The summed E-state index contributed by atoms with van der Waals surface area (Å²) < 4.78 is 10.8. The number of Topliss-reactive ketones (excluding diaryl/α,β-unsaturated/α-hetero) is 1. The predicted octanol–water partition coefficient (Wildman–Crippen LogP) is 6.68. The van der Waals surface area contributed by atoms with Crippen molar-refractivity contribution >= 4 is 22.7 Å². The zero-order valence-corrected chi connectivity index (χ0v) is 22.4. The van der Waals surface area contributed by atoms with Gasteiger partial charge in [0.15, 0.2) is 11.4 Å². The van der Waals surface area contributed by atoms with Gasteiger partial charge in [-0.15, -0.1) is 0 Å². The second-order valence-corrected chi connectivity index (χ2v) is 9.88. The molecule has 0 bridgehead atoms. The van der Waals surface area contributed by atoms with Gasteiger partial charge in [-0.3, -0.25) is 9.59 Å². The van der Waals surface area contributed by atoms with Gasteiger partial charge in [0.25, 0.3) is 0 Å². The van der Waals surface area contributed by atoms with Crippen LogP contribution in [0, 0.1) is 5.92 Å². The van der Waals surface area contributed by atoms with E-state index in [0.29, 0.717) is 6.42 Å². The monoisotopic (exact) mass is 498 g/mol. The number of ketones is 1. The number of esters is 1. The first kappa shape index (κ1) is 28.9. The summed E-state index contributed by atoms with van der Waals surface area (Å²) in [7, 11) is 0. The summed E-state index contributed by atoms with van der Waals surface area (Å²) >= 11 is 0. The highest BCUT2D eigenvalue weighted by molar-refractivity contribution is 6.11. The maximum atomic E-state index is 13.2. The Balaban J connectivity index is 2.82. The number of aromatic hydroxyl groups is 2. The fraction of sp³-hybridized carbons (Fsp3) is 0.483. The number of allylic oxidation sites excluding steroid dienone is 4. The Morgan fingerprint density at radius 1 is 1.08 bits per heavy atom. The lowest BCUT2D eigenvalue weighted by atomic mass is 9.91. The molecule has 0 saturated carbocycles. The molecule has 2 N–H and O–H groups in total. The highest BCUT2D eigenvalue weighted by Crippen LogP contribution is 2.44. The molecule has 1 aromatic heterocycles. The summed E-state index contributed by atoms with van der Waals surface area (Å²) in [6.07, 6.45) is 5.48. The number of fused-ring (bicyclic) bond motifs is 1. The number of hydrogen-bond acceptors (Lipinski definition) is 7. The van der Waals surface area contributed by atoms with Crippen molar-refractivity contribution in [3.05, 3.63) is 56.5 Å². The molecule has 7 nitrogen and oxygen atoms in total. The minimum atomic E-state index is -0.841. The quantitative estimate of drug-likeness (QED) is 0.154. The van der Waals surface area contributed by atoms with Crippen molar-refractivity contribution in [1.82, 2.24) is 0 Å². The van der Waals surface area contributed by atoms with Gasteiger partial charge in [-0.05, 0) is 52.4 Å². The fourth-order valence-electron chi connectivity index (χ4n) is 4.17. The molecule has 7 heteroatoms. The lowest BCUT2D eigenvalue weighted by Gasteiger charge is -2.20. The highest BCUT2D eigenvalue weighted by atomic mass is 16.5. The summed E-state index contributed by atoms with van der Waals surface area (Å²) in [5.41, 5.74) is 1.57. The van der Waals surface area contributed by atoms with Gasteiger partial charge in [0.05, 0.1) is 5.39 Å². The zero-order valence-electron chi connectivity index (χ0n) is 22.4. The van der Waals surface area contributed by atoms with Crippen molar-refractivity contribution in [3.8, 4) is 11.5 Å². The van der Waals surface area contributed by atoms with E-state index in [9.17, 15) is 24.6 Å². The summed E-state index contributed by atoms with van der Waals surface area (Å²) in [5.74, 6) is -1.67. The third-order valence-corrected chi connectivity index (χ3v) is 5.91. The van der Waals surface area contributed by atoms with E-state index in [2.05, 4.69) is 6.08 Å². The van der Waals surface area contributed by atoms with Gasteiger partial charge in [-0.2, -0.15) is 0 Å². The molecule has 1 aromatic carbocycles. The first-order chi connectivity index (χ1) is 16.9. The zero-order chi connectivity index (χ0) is 27.2. The molecular weight excluding hydrogens is 460 g/mol. The third-order valence-electron chi connectivity index (χ3n) is 5.91. The van der Waals surface area contributed by atoms with Crippen LogP contribution >= 0.6 is 0 Å². The summed E-state index contributed by atoms with van der Waals surface area (Å²) in [6.45, 7) is 12.8. The number of phenolic OH excluding ortho intramolecular Hbond substituents is 2. The first-order valence-corrected chi connectivity index (χ1v) is 12.4. The molecule has 0 saturated heterocycles. The number of hydrogen-bond donors (Lipinski definition) is 2. The summed E-state index contributed by atoms with van der Waals surface area (Å²) in [4.78, 5) is 37.4. The topological polar surface area (TPSA) is 114 Å². The average molecular weight is 499 g/mol. The van der Waals surface area contributed by atoms with Crippen molar-refractivity contribution in [2.45, 2.75) is 86.7 Å². The molecule has 0 aliphatic carbocycles. The van der Waals surface area contributed by atoms with Crippen LogP contribution in [0.2, 0.25) is 0 Å². The first-order valence-electron chi connectivity index (χ1n) is 12.4. The second kappa shape index (κ2) is 12.6. The van der Waals surface area contributed by atoms with Gasteiger partial charge in [0.2, 0.25) is 0 Å². The normalized spacial score (nSPS) is 12.6. The van der Waals surface area contributed by atoms with Crippen LogP contribution in [0.5, 0.6) is 11.5 Å². The van der Waals surface area contributed by atoms with Crippen molar-refractivity contribution in [2.24, 2.45) is 5.92 Å². The largest absolute Gasteiger partial charge is 0.507 e. The highest BCUT2D eigenvalue weighted by Gasteiger charge is 2.29. The molecule has 0 aliphatic heterocycles. The van der Waals surface area contributed by atoms with Crippen LogP contribution in [0.3, 0.4) is 0 Å². The molecule has 1 atom stereocenters. The molecular formula is C29H38O7. The molecule has 36 heavy (non-hydrogen) atoms. The SMILES string of the molecule is CC[C@H](OC(C)=O)c1cc(=O)oc2c(C(=O)CC(C)C)c(O)c(C/C=C(\C)CCC=C(C)C)c(O)c12. The third kappa shape index (κ3) is 7.09. The maximum Gasteiger partial charge on any atom is 0.336 e. The molecule has 0 spiro atoms. The van der Waals surface area contributed by atoms with Crippen LogP contribution in [0.4, 0.5) is 0 Å². The van der Waals surface area contributed by atoms with Crippen molar-refractivity contribution in [2.75, 3.05) is 0 Å². The second-order valence-electron chi connectivity index (χ2n) is 9.88. The van der Waals surface area contributed by atoms with E-state index < -0.39 is 29.2 Å². The predicted molar refractivity (Wildman–Crippen MR) is 141 cm³/mol. The smallest absolute Gasteiger partial charge is 0.336 e. The molecule has 2 aromatic rings. The molecule has 2 rings (SSSR count). The summed E-state index contributed by atoms with van der Waals surface area (Å²) in [5, 5.41) is 22.6. The van der Waals surface area contributed by atoms with Crippen LogP contribution in [0.25, 0.3) is 11.0 Å². The lowest BCUT2D eigenvalue weighted by Crippen LogP contribution is -2.14. The van der Waals surface area contributed by atoms with E-state index in [1.54, 1.807) is 6.92 Å². The van der Waals surface area contributed by atoms with E-state index in [4.69, 9.17) is 9.15 Å².